The number of alkyl halides is 1. The number of nitrogens with one attached hydrogen (secondary N) is 1. The summed E-state index contributed by atoms with van der Waals surface area (Å²) in [5.41, 5.74) is 0.579. The van der Waals surface area contributed by atoms with Gasteiger partial charge in [0.25, 0.3) is 5.91 Å². The van der Waals surface area contributed by atoms with Crippen molar-refractivity contribution in [3.8, 4) is 5.75 Å². The summed E-state index contributed by atoms with van der Waals surface area (Å²) in [4.78, 5) is 11.9. The van der Waals surface area contributed by atoms with Crippen LogP contribution in [-0.2, 0) is 4.74 Å². The van der Waals surface area contributed by atoms with Crippen LogP contribution in [-0.4, -0.2) is 37.6 Å². The van der Waals surface area contributed by atoms with Crippen LogP contribution in [0.4, 0.5) is 0 Å². The number of hydrogen-bond acceptors (Lipinski definition) is 3. The monoisotopic (exact) mass is 285 g/mol. The van der Waals surface area contributed by atoms with Gasteiger partial charge < -0.3 is 14.8 Å². The number of amides is 1. The molecule has 0 spiro atoms. The van der Waals surface area contributed by atoms with Gasteiger partial charge in [-0.15, -0.1) is 11.6 Å². The van der Waals surface area contributed by atoms with E-state index in [0.29, 0.717) is 37.0 Å². The SMILES string of the molecule is CC(C)Oc1cccc(C(=O)NCCOCCCl)c1. The summed E-state index contributed by atoms with van der Waals surface area (Å²) >= 11 is 5.47. The molecule has 0 bridgehead atoms. The first-order chi connectivity index (χ1) is 9.13. The Morgan fingerprint density at radius 3 is 2.84 bits per heavy atom. The normalized spacial score (nSPS) is 10.5. The average molecular weight is 286 g/mol. The highest BCUT2D eigenvalue weighted by Crippen LogP contribution is 2.14. The Morgan fingerprint density at radius 2 is 2.16 bits per heavy atom. The molecular formula is C14H20ClNO3. The topological polar surface area (TPSA) is 47.6 Å². The Hall–Kier alpha value is -1.26. The van der Waals surface area contributed by atoms with Crippen LogP contribution < -0.4 is 10.1 Å². The van der Waals surface area contributed by atoms with E-state index in [2.05, 4.69) is 5.32 Å². The molecule has 1 rings (SSSR count). The van der Waals surface area contributed by atoms with Crippen LogP contribution in [0.5, 0.6) is 5.75 Å². The van der Waals surface area contributed by atoms with Crippen molar-refractivity contribution in [1.82, 2.24) is 5.32 Å². The highest BCUT2D eigenvalue weighted by molar-refractivity contribution is 6.17. The van der Waals surface area contributed by atoms with Crippen molar-refractivity contribution in [2.75, 3.05) is 25.6 Å². The van der Waals surface area contributed by atoms with Gasteiger partial charge >= 0.3 is 0 Å². The average Bonchev–Trinajstić information content (AvgIpc) is 2.38. The fraction of sp³-hybridized carbons (Fsp3) is 0.500. The molecule has 0 fully saturated rings. The van der Waals surface area contributed by atoms with Crippen LogP contribution in [0.2, 0.25) is 0 Å². The number of benzene rings is 1. The van der Waals surface area contributed by atoms with Crippen LogP contribution >= 0.6 is 11.6 Å². The summed E-state index contributed by atoms with van der Waals surface area (Å²) in [5.74, 6) is 1.02. The minimum atomic E-state index is -0.135. The molecule has 0 aliphatic heterocycles. The predicted octanol–water partition coefficient (Wildman–Crippen LogP) is 2.46. The third-order valence-electron chi connectivity index (χ3n) is 2.22. The second-order valence-corrected chi connectivity index (χ2v) is 4.63. The van der Waals surface area contributed by atoms with Crippen LogP contribution in [0.25, 0.3) is 0 Å². The zero-order chi connectivity index (χ0) is 14.1. The van der Waals surface area contributed by atoms with E-state index in [1.807, 2.05) is 19.9 Å². The second kappa shape index (κ2) is 8.77. The van der Waals surface area contributed by atoms with E-state index in [4.69, 9.17) is 21.1 Å². The number of carbonyl (C=O) groups is 1. The van der Waals surface area contributed by atoms with E-state index in [1.165, 1.54) is 0 Å². The van der Waals surface area contributed by atoms with Gasteiger partial charge in [0.15, 0.2) is 0 Å². The van der Waals surface area contributed by atoms with Crippen LogP contribution in [0.15, 0.2) is 24.3 Å². The first-order valence-corrected chi connectivity index (χ1v) is 6.85. The molecule has 0 saturated carbocycles. The van der Waals surface area contributed by atoms with E-state index in [0.717, 1.165) is 0 Å². The van der Waals surface area contributed by atoms with E-state index < -0.39 is 0 Å². The standard InChI is InChI=1S/C14H20ClNO3/c1-11(2)19-13-5-3-4-12(10-13)14(17)16-7-9-18-8-6-15/h3-5,10-11H,6-9H2,1-2H3,(H,16,17). The molecule has 19 heavy (non-hydrogen) atoms. The molecule has 0 unspecified atom stereocenters. The molecule has 0 aliphatic carbocycles. The lowest BCUT2D eigenvalue weighted by Gasteiger charge is -2.11. The van der Waals surface area contributed by atoms with Gasteiger partial charge in [-0.2, -0.15) is 0 Å². The van der Waals surface area contributed by atoms with Crippen molar-refractivity contribution in [3.63, 3.8) is 0 Å². The quantitative estimate of drug-likeness (QED) is 0.589. The Balaban J connectivity index is 2.43. The van der Waals surface area contributed by atoms with Gasteiger partial charge in [0.1, 0.15) is 5.75 Å². The molecule has 4 nitrogen and oxygen atoms in total. The molecule has 1 amide bonds. The number of halogens is 1. The van der Waals surface area contributed by atoms with Gasteiger partial charge in [-0.3, -0.25) is 4.79 Å². The summed E-state index contributed by atoms with van der Waals surface area (Å²) in [7, 11) is 0. The lowest BCUT2D eigenvalue weighted by atomic mass is 10.2. The summed E-state index contributed by atoms with van der Waals surface area (Å²) in [6, 6.07) is 7.12. The zero-order valence-electron chi connectivity index (χ0n) is 11.3. The molecule has 1 N–H and O–H groups in total. The predicted molar refractivity (Wildman–Crippen MR) is 76.1 cm³/mol. The molecule has 0 atom stereocenters. The third-order valence-corrected chi connectivity index (χ3v) is 2.38. The maximum atomic E-state index is 11.9. The first-order valence-electron chi connectivity index (χ1n) is 6.32. The molecule has 0 saturated heterocycles. The Labute approximate surface area is 119 Å². The fourth-order valence-electron chi connectivity index (χ4n) is 1.48. The fourth-order valence-corrected chi connectivity index (χ4v) is 1.59. The van der Waals surface area contributed by atoms with Gasteiger partial charge in [-0.1, -0.05) is 6.07 Å². The zero-order valence-corrected chi connectivity index (χ0v) is 12.1. The van der Waals surface area contributed by atoms with E-state index in [9.17, 15) is 4.79 Å². The molecule has 0 radical (unpaired) electrons. The molecule has 0 heterocycles. The smallest absolute Gasteiger partial charge is 0.251 e. The van der Waals surface area contributed by atoms with Crippen molar-refractivity contribution in [2.45, 2.75) is 20.0 Å². The van der Waals surface area contributed by atoms with E-state index >= 15 is 0 Å². The second-order valence-electron chi connectivity index (χ2n) is 4.25. The molecule has 106 valence electrons. The van der Waals surface area contributed by atoms with Crippen molar-refractivity contribution in [1.29, 1.82) is 0 Å². The van der Waals surface area contributed by atoms with Crippen molar-refractivity contribution in [2.24, 2.45) is 0 Å². The van der Waals surface area contributed by atoms with Crippen LogP contribution in [0, 0.1) is 0 Å². The maximum absolute atomic E-state index is 11.9. The van der Waals surface area contributed by atoms with Gasteiger partial charge in [0.05, 0.1) is 19.3 Å². The summed E-state index contributed by atoms with van der Waals surface area (Å²) in [6.07, 6.45) is 0.0854. The minimum Gasteiger partial charge on any atom is -0.491 e. The van der Waals surface area contributed by atoms with Gasteiger partial charge in [-0.25, -0.2) is 0 Å². The number of rotatable bonds is 8. The van der Waals surface area contributed by atoms with Crippen LogP contribution in [0.3, 0.4) is 0 Å². The van der Waals surface area contributed by atoms with Crippen molar-refractivity contribution in [3.05, 3.63) is 29.8 Å². The number of ether oxygens (including phenoxy) is 2. The lowest BCUT2D eigenvalue weighted by molar-refractivity contribution is 0.0923. The number of carbonyl (C=O) groups excluding carboxylic acids is 1. The van der Waals surface area contributed by atoms with Crippen LogP contribution in [0.1, 0.15) is 24.2 Å². The Morgan fingerprint density at radius 1 is 1.37 bits per heavy atom. The minimum absolute atomic E-state index is 0.0854. The summed E-state index contributed by atoms with van der Waals surface area (Å²) < 4.78 is 10.7. The van der Waals surface area contributed by atoms with Gasteiger partial charge in [0, 0.05) is 18.0 Å². The molecule has 5 heteroatoms. The molecule has 1 aromatic carbocycles. The molecule has 1 aromatic rings. The molecule has 0 aliphatic rings. The van der Waals surface area contributed by atoms with E-state index in [1.54, 1.807) is 18.2 Å². The Kier molecular flexibility index (Phi) is 7.30. The largest absolute Gasteiger partial charge is 0.491 e. The Bertz CT molecular complexity index is 396. The van der Waals surface area contributed by atoms with Crippen molar-refractivity contribution < 1.29 is 14.3 Å². The highest BCUT2D eigenvalue weighted by atomic mass is 35.5. The van der Waals surface area contributed by atoms with Gasteiger partial charge in [0.2, 0.25) is 0 Å². The molecular weight excluding hydrogens is 266 g/mol. The maximum Gasteiger partial charge on any atom is 0.251 e. The summed E-state index contributed by atoms with van der Waals surface area (Å²) in [5, 5.41) is 2.78. The number of hydrogen-bond donors (Lipinski definition) is 1. The summed E-state index contributed by atoms with van der Waals surface area (Å²) in [6.45, 7) is 5.31. The van der Waals surface area contributed by atoms with E-state index in [-0.39, 0.29) is 12.0 Å². The highest BCUT2D eigenvalue weighted by Gasteiger charge is 2.06. The van der Waals surface area contributed by atoms with Crippen molar-refractivity contribution >= 4 is 17.5 Å². The molecule has 0 aromatic heterocycles. The van der Waals surface area contributed by atoms with Gasteiger partial charge in [-0.05, 0) is 32.0 Å². The first kappa shape index (κ1) is 15.8. The lowest BCUT2D eigenvalue weighted by Crippen LogP contribution is -2.27. The third kappa shape index (κ3) is 6.45.